The first-order valence-corrected chi connectivity index (χ1v) is 5.27. The smallest absolute Gasteiger partial charge is 0.108 e. The fraction of sp³-hybridized carbons (Fsp3) is 0.300. The van der Waals surface area contributed by atoms with Crippen LogP contribution in [-0.2, 0) is 0 Å². The van der Waals surface area contributed by atoms with Gasteiger partial charge in [-0.2, -0.15) is 5.10 Å². The van der Waals surface area contributed by atoms with Gasteiger partial charge in [0.1, 0.15) is 5.69 Å². The van der Waals surface area contributed by atoms with Crippen LogP contribution >= 0.6 is 11.3 Å². The van der Waals surface area contributed by atoms with Crippen LogP contribution < -0.4 is 0 Å². The fourth-order valence-corrected chi connectivity index (χ4v) is 1.95. The standard InChI is InChI=1S/C10H11N3S/c1-6-7(2)10(13-12-8(6)3)9-4-11-5-14-9/h4-5H,1-3H3. The highest BCUT2D eigenvalue weighted by molar-refractivity contribution is 7.13. The highest BCUT2D eigenvalue weighted by Crippen LogP contribution is 2.26. The summed E-state index contributed by atoms with van der Waals surface area (Å²) >= 11 is 1.59. The van der Waals surface area contributed by atoms with Gasteiger partial charge in [-0.1, -0.05) is 0 Å². The van der Waals surface area contributed by atoms with Crippen LogP contribution in [0, 0.1) is 20.8 Å². The third kappa shape index (κ3) is 1.42. The third-order valence-electron chi connectivity index (χ3n) is 2.43. The van der Waals surface area contributed by atoms with Crippen LogP contribution in [0.15, 0.2) is 11.7 Å². The van der Waals surface area contributed by atoms with E-state index < -0.39 is 0 Å². The molecule has 2 aromatic rings. The summed E-state index contributed by atoms with van der Waals surface area (Å²) in [4.78, 5) is 5.12. The number of thiazole rings is 1. The zero-order valence-corrected chi connectivity index (χ0v) is 9.22. The predicted octanol–water partition coefficient (Wildman–Crippen LogP) is 2.53. The maximum Gasteiger partial charge on any atom is 0.108 e. The Morgan fingerprint density at radius 1 is 1.07 bits per heavy atom. The van der Waals surface area contributed by atoms with Crippen molar-refractivity contribution >= 4 is 11.3 Å². The number of nitrogens with zero attached hydrogens (tertiary/aromatic N) is 3. The number of hydrogen-bond donors (Lipinski definition) is 0. The lowest BCUT2D eigenvalue weighted by atomic mass is 10.1. The lowest BCUT2D eigenvalue weighted by Crippen LogP contribution is -1.97. The molecule has 0 spiro atoms. The van der Waals surface area contributed by atoms with Crippen molar-refractivity contribution in [3.63, 3.8) is 0 Å². The van der Waals surface area contributed by atoms with E-state index in [1.807, 2.05) is 18.6 Å². The Hall–Kier alpha value is -1.29. The lowest BCUT2D eigenvalue weighted by Gasteiger charge is -2.06. The largest absolute Gasteiger partial charge is 0.252 e. The second kappa shape index (κ2) is 3.46. The van der Waals surface area contributed by atoms with Gasteiger partial charge in [0.15, 0.2) is 0 Å². The summed E-state index contributed by atoms with van der Waals surface area (Å²) in [6.45, 7) is 6.13. The van der Waals surface area contributed by atoms with Crippen molar-refractivity contribution in [2.45, 2.75) is 20.8 Å². The summed E-state index contributed by atoms with van der Waals surface area (Å²) in [6, 6.07) is 0. The molecule has 0 atom stereocenters. The molecule has 0 aromatic carbocycles. The van der Waals surface area contributed by atoms with E-state index in [-0.39, 0.29) is 0 Å². The van der Waals surface area contributed by atoms with Crippen molar-refractivity contribution in [2.75, 3.05) is 0 Å². The summed E-state index contributed by atoms with van der Waals surface area (Å²) in [5.74, 6) is 0. The van der Waals surface area contributed by atoms with Crippen LogP contribution in [0.5, 0.6) is 0 Å². The molecule has 0 amide bonds. The van der Waals surface area contributed by atoms with E-state index in [9.17, 15) is 0 Å². The maximum atomic E-state index is 4.20. The fourth-order valence-electron chi connectivity index (χ4n) is 1.29. The van der Waals surface area contributed by atoms with Crippen LogP contribution in [0.25, 0.3) is 10.6 Å². The Balaban J connectivity index is 2.61. The van der Waals surface area contributed by atoms with Crippen molar-refractivity contribution < 1.29 is 0 Å². The minimum Gasteiger partial charge on any atom is -0.252 e. The predicted molar refractivity (Wildman–Crippen MR) is 57.4 cm³/mol. The Morgan fingerprint density at radius 2 is 1.86 bits per heavy atom. The van der Waals surface area contributed by atoms with Crippen molar-refractivity contribution in [2.24, 2.45) is 0 Å². The number of aromatic nitrogens is 3. The van der Waals surface area contributed by atoms with E-state index in [1.54, 1.807) is 11.3 Å². The van der Waals surface area contributed by atoms with Gasteiger partial charge >= 0.3 is 0 Å². The maximum absolute atomic E-state index is 4.20. The molecular formula is C10H11N3S. The average Bonchev–Trinajstić information content (AvgIpc) is 2.67. The van der Waals surface area contributed by atoms with Crippen LogP contribution in [0.2, 0.25) is 0 Å². The van der Waals surface area contributed by atoms with E-state index in [1.165, 1.54) is 11.1 Å². The molecule has 2 heterocycles. The average molecular weight is 205 g/mol. The molecule has 0 aliphatic carbocycles. The topological polar surface area (TPSA) is 38.7 Å². The van der Waals surface area contributed by atoms with Crippen molar-refractivity contribution in [3.8, 4) is 10.6 Å². The molecule has 0 unspecified atom stereocenters. The second-order valence-electron chi connectivity index (χ2n) is 3.25. The number of aryl methyl sites for hydroxylation is 1. The zero-order chi connectivity index (χ0) is 10.1. The molecule has 0 aliphatic rings. The normalized spacial score (nSPS) is 10.5. The Kier molecular flexibility index (Phi) is 2.29. The van der Waals surface area contributed by atoms with E-state index in [0.29, 0.717) is 0 Å². The molecule has 0 N–H and O–H groups in total. The number of hydrogen-bond acceptors (Lipinski definition) is 4. The molecule has 72 valence electrons. The SMILES string of the molecule is Cc1nnc(-c2cncs2)c(C)c1C. The van der Waals surface area contributed by atoms with E-state index in [4.69, 9.17) is 0 Å². The Bertz CT molecular complexity index is 449. The van der Waals surface area contributed by atoms with Crippen molar-refractivity contribution in [1.82, 2.24) is 15.2 Å². The first-order chi connectivity index (χ1) is 6.70. The van der Waals surface area contributed by atoms with Crippen LogP contribution in [0.1, 0.15) is 16.8 Å². The van der Waals surface area contributed by atoms with Crippen molar-refractivity contribution in [3.05, 3.63) is 28.5 Å². The molecule has 2 rings (SSSR count). The van der Waals surface area contributed by atoms with Gasteiger partial charge in [0.25, 0.3) is 0 Å². The molecule has 0 saturated carbocycles. The Labute approximate surface area is 86.9 Å². The van der Waals surface area contributed by atoms with Crippen molar-refractivity contribution in [1.29, 1.82) is 0 Å². The minimum absolute atomic E-state index is 0.954. The molecule has 0 radical (unpaired) electrons. The van der Waals surface area contributed by atoms with Gasteiger partial charge in [-0.15, -0.1) is 16.4 Å². The van der Waals surface area contributed by atoms with Crippen LogP contribution in [0.4, 0.5) is 0 Å². The lowest BCUT2D eigenvalue weighted by molar-refractivity contribution is 0.953. The third-order valence-corrected chi connectivity index (χ3v) is 3.21. The van der Waals surface area contributed by atoms with Gasteiger partial charge in [-0.05, 0) is 31.9 Å². The molecule has 0 bridgehead atoms. The van der Waals surface area contributed by atoms with Crippen LogP contribution in [0.3, 0.4) is 0 Å². The Morgan fingerprint density at radius 3 is 2.50 bits per heavy atom. The first kappa shape index (κ1) is 9.27. The van der Waals surface area contributed by atoms with Gasteiger partial charge in [-0.3, -0.25) is 4.98 Å². The molecule has 0 saturated heterocycles. The quantitative estimate of drug-likeness (QED) is 0.718. The summed E-state index contributed by atoms with van der Waals surface area (Å²) in [5.41, 5.74) is 6.17. The molecule has 0 aliphatic heterocycles. The van der Waals surface area contributed by atoms with Crippen LogP contribution in [-0.4, -0.2) is 15.2 Å². The summed E-state index contributed by atoms with van der Waals surface area (Å²) in [6.07, 6.45) is 1.83. The molecule has 0 fully saturated rings. The summed E-state index contributed by atoms with van der Waals surface area (Å²) < 4.78 is 0. The molecule has 14 heavy (non-hydrogen) atoms. The number of rotatable bonds is 1. The van der Waals surface area contributed by atoms with Gasteiger partial charge < -0.3 is 0 Å². The molecule has 3 nitrogen and oxygen atoms in total. The van der Waals surface area contributed by atoms with Gasteiger partial charge in [0.05, 0.1) is 16.1 Å². The summed E-state index contributed by atoms with van der Waals surface area (Å²) in [7, 11) is 0. The summed E-state index contributed by atoms with van der Waals surface area (Å²) in [5, 5.41) is 8.33. The minimum atomic E-state index is 0.954. The molecule has 4 heteroatoms. The highest BCUT2D eigenvalue weighted by Gasteiger charge is 2.09. The van der Waals surface area contributed by atoms with Gasteiger partial charge in [0, 0.05) is 6.20 Å². The highest BCUT2D eigenvalue weighted by atomic mass is 32.1. The first-order valence-electron chi connectivity index (χ1n) is 4.39. The van der Waals surface area contributed by atoms with Gasteiger partial charge in [-0.25, -0.2) is 0 Å². The second-order valence-corrected chi connectivity index (χ2v) is 4.14. The monoisotopic (exact) mass is 205 g/mol. The van der Waals surface area contributed by atoms with Gasteiger partial charge in [0.2, 0.25) is 0 Å². The molecular weight excluding hydrogens is 194 g/mol. The van der Waals surface area contributed by atoms with E-state index >= 15 is 0 Å². The zero-order valence-electron chi connectivity index (χ0n) is 8.40. The van der Waals surface area contributed by atoms with E-state index in [2.05, 4.69) is 29.0 Å². The molecule has 2 aromatic heterocycles. The van der Waals surface area contributed by atoms with E-state index in [0.717, 1.165) is 16.3 Å².